The van der Waals surface area contributed by atoms with E-state index in [1.165, 1.54) is 0 Å². The van der Waals surface area contributed by atoms with Gasteiger partial charge < -0.3 is 9.67 Å². The SMILES string of the molecule is CCCn1c(C)nnc1CN(CC)CCO. The standard InChI is InChI=1S/C11H22N4O/c1-4-6-15-10(3)12-13-11(15)9-14(5-2)7-8-16/h16H,4-9H2,1-3H3. The second kappa shape index (κ2) is 6.60. The van der Waals surface area contributed by atoms with Crippen LogP contribution in [0.5, 0.6) is 0 Å². The summed E-state index contributed by atoms with van der Waals surface area (Å²) in [6.07, 6.45) is 1.08. The van der Waals surface area contributed by atoms with Crippen LogP contribution in [-0.4, -0.2) is 44.5 Å². The first-order valence-electron chi connectivity index (χ1n) is 5.94. The molecule has 0 saturated carbocycles. The van der Waals surface area contributed by atoms with Crippen molar-refractivity contribution >= 4 is 0 Å². The third-order valence-electron chi connectivity index (χ3n) is 2.69. The van der Waals surface area contributed by atoms with Crippen molar-refractivity contribution in [3.63, 3.8) is 0 Å². The van der Waals surface area contributed by atoms with Crippen molar-refractivity contribution in [1.29, 1.82) is 0 Å². The predicted octanol–water partition coefficient (Wildman–Crippen LogP) is 0.811. The van der Waals surface area contributed by atoms with Gasteiger partial charge in [-0.1, -0.05) is 13.8 Å². The Bertz CT molecular complexity index is 311. The largest absolute Gasteiger partial charge is 0.395 e. The van der Waals surface area contributed by atoms with Gasteiger partial charge >= 0.3 is 0 Å². The van der Waals surface area contributed by atoms with E-state index in [9.17, 15) is 0 Å². The van der Waals surface area contributed by atoms with E-state index in [0.717, 1.165) is 37.7 Å². The number of hydrogen-bond acceptors (Lipinski definition) is 4. The lowest BCUT2D eigenvalue weighted by atomic mass is 10.4. The highest BCUT2D eigenvalue weighted by Crippen LogP contribution is 2.06. The molecule has 1 aromatic rings. The summed E-state index contributed by atoms with van der Waals surface area (Å²) in [7, 11) is 0. The van der Waals surface area contributed by atoms with E-state index in [4.69, 9.17) is 5.11 Å². The van der Waals surface area contributed by atoms with Crippen molar-refractivity contribution < 1.29 is 5.11 Å². The van der Waals surface area contributed by atoms with Crippen molar-refractivity contribution in [2.45, 2.75) is 40.3 Å². The van der Waals surface area contributed by atoms with Crippen LogP contribution in [0, 0.1) is 6.92 Å². The van der Waals surface area contributed by atoms with E-state index < -0.39 is 0 Å². The smallest absolute Gasteiger partial charge is 0.147 e. The van der Waals surface area contributed by atoms with Crippen LogP contribution in [0.3, 0.4) is 0 Å². The zero-order valence-corrected chi connectivity index (χ0v) is 10.5. The first kappa shape index (κ1) is 13.1. The van der Waals surface area contributed by atoms with Crippen LogP contribution in [0.2, 0.25) is 0 Å². The third kappa shape index (κ3) is 3.28. The zero-order valence-electron chi connectivity index (χ0n) is 10.5. The van der Waals surface area contributed by atoms with Gasteiger partial charge in [-0.2, -0.15) is 0 Å². The lowest BCUT2D eigenvalue weighted by molar-refractivity contribution is 0.192. The molecule has 1 aromatic heterocycles. The van der Waals surface area contributed by atoms with E-state index in [-0.39, 0.29) is 6.61 Å². The van der Waals surface area contributed by atoms with Crippen LogP contribution in [0.1, 0.15) is 31.9 Å². The fraction of sp³-hybridized carbons (Fsp3) is 0.818. The minimum absolute atomic E-state index is 0.189. The molecule has 0 bridgehead atoms. The molecule has 0 aliphatic carbocycles. The van der Waals surface area contributed by atoms with Gasteiger partial charge in [0.2, 0.25) is 0 Å². The van der Waals surface area contributed by atoms with Gasteiger partial charge in [0, 0.05) is 13.1 Å². The maximum Gasteiger partial charge on any atom is 0.147 e. The first-order valence-corrected chi connectivity index (χ1v) is 5.94. The lowest BCUT2D eigenvalue weighted by Gasteiger charge is -2.18. The Labute approximate surface area is 97.1 Å². The van der Waals surface area contributed by atoms with Gasteiger partial charge in [0.05, 0.1) is 13.2 Å². The summed E-state index contributed by atoms with van der Waals surface area (Å²) in [4.78, 5) is 2.16. The molecule has 0 saturated heterocycles. The summed E-state index contributed by atoms with van der Waals surface area (Å²) >= 11 is 0. The molecule has 5 nitrogen and oxygen atoms in total. The van der Waals surface area contributed by atoms with Crippen LogP contribution in [-0.2, 0) is 13.1 Å². The topological polar surface area (TPSA) is 54.2 Å². The van der Waals surface area contributed by atoms with E-state index in [1.807, 2.05) is 6.92 Å². The molecule has 0 aliphatic heterocycles. The molecule has 1 heterocycles. The maximum absolute atomic E-state index is 8.94. The Hall–Kier alpha value is -0.940. The summed E-state index contributed by atoms with van der Waals surface area (Å²) < 4.78 is 2.15. The lowest BCUT2D eigenvalue weighted by Crippen LogP contribution is -2.27. The summed E-state index contributed by atoms with van der Waals surface area (Å²) in [5.74, 6) is 1.96. The van der Waals surface area contributed by atoms with E-state index in [1.54, 1.807) is 0 Å². The Kier molecular flexibility index (Phi) is 5.42. The molecule has 0 fully saturated rings. The number of hydrogen-bond donors (Lipinski definition) is 1. The van der Waals surface area contributed by atoms with Crippen molar-refractivity contribution in [1.82, 2.24) is 19.7 Å². The van der Waals surface area contributed by atoms with E-state index >= 15 is 0 Å². The fourth-order valence-corrected chi connectivity index (χ4v) is 1.75. The molecular weight excluding hydrogens is 204 g/mol. The van der Waals surface area contributed by atoms with Gasteiger partial charge in [0.25, 0.3) is 0 Å². The molecule has 92 valence electrons. The van der Waals surface area contributed by atoms with Crippen molar-refractivity contribution in [2.24, 2.45) is 0 Å². The molecule has 0 aliphatic rings. The highest BCUT2D eigenvalue weighted by atomic mass is 16.3. The normalized spacial score (nSPS) is 11.3. The first-order chi connectivity index (χ1) is 7.72. The third-order valence-corrected chi connectivity index (χ3v) is 2.69. The average molecular weight is 226 g/mol. The molecule has 16 heavy (non-hydrogen) atoms. The van der Waals surface area contributed by atoms with Gasteiger partial charge in [-0.05, 0) is 19.9 Å². The average Bonchev–Trinajstić information content (AvgIpc) is 2.61. The molecule has 5 heteroatoms. The van der Waals surface area contributed by atoms with E-state index in [0.29, 0.717) is 6.54 Å². The van der Waals surface area contributed by atoms with Gasteiger partial charge in [-0.3, -0.25) is 4.90 Å². The second-order valence-corrected chi connectivity index (χ2v) is 3.91. The monoisotopic (exact) mass is 226 g/mol. The summed E-state index contributed by atoms with van der Waals surface area (Å²) in [6, 6.07) is 0. The molecule has 0 unspecified atom stereocenters. The molecule has 0 radical (unpaired) electrons. The minimum Gasteiger partial charge on any atom is -0.395 e. The van der Waals surface area contributed by atoms with Gasteiger partial charge in [-0.15, -0.1) is 10.2 Å². The fourth-order valence-electron chi connectivity index (χ4n) is 1.75. The zero-order chi connectivity index (χ0) is 12.0. The summed E-state index contributed by atoms with van der Waals surface area (Å²) in [6.45, 7) is 9.73. The number of aliphatic hydroxyl groups is 1. The Balaban J connectivity index is 2.71. The molecule has 0 amide bonds. The van der Waals surface area contributed by atoms with Crippen LogP contribution >= 0.6 is 0 Å². The number of rotatable bonds is 7. The Morgan fingerprint density at radius 2 is 2.06 bits per heavy atom. The predicted molar refractivity (Wildman–Crippen MR) is 63.1 cm³/mol. The Morgan fingerprint density at radius 1 is 1.31 bits per heavy atom. The number of nitrogens with zero attached hydrogens (tertiary/aromatic N) is 4. The molecule has 0 aromatic carbocycles. The summed E-state index contributed by atoms with van der Waals surface area (Å²) in [5, 5.41) is 17.2. The number of likely N-dealkylation sites (N-methyl/N-ethyl adjacent to an activating group) is 1. The molecule has 1 rings (SSSR count). The molecule has 0 spiro atoms. The Morgan fingerprint density at radius 3 is 2.62 bits per heavy atom. The van der Waals surface area contributed by atoms with Crippen LogP contribution in [0.15, 0.2) is 0 Å². The number of aromatic nitrogens is 3. The van der Waals surface area contributed by atoms with E-state index in [2.05, 4.69) is 33.5 Å². The molecular formula is C11H22N4O. The van der Waals surface area contributed by atoms with Crippen molar-refractivity contribution in [3.05, 3.63) is 11.6 Å². The quantitative estimate of drug-likeness (QED) is 0.747. The van der Waals surface area contributed by atoms with Crippen LogP contribution in [0.25, 0.3) is 0 Å². The molecule has 0 atom stereocenters. The molecule has 1 N–H and O–H groups in total. The van der Waals surface area contributed by atoms with Crippen molar-refractivity contribution in [3.8, 4) is 0 Å². The van der Waals surface area contributed by atoms with Gasteiger partial charge in [-0.25, -0.2) is 0 Å². The highest BCUT2D eigenvalue weighted by Gasteiger charge is 2.11. The highest BCUT2D eigenvalue weighted by molar-refractivity contribution is 4.93. The number of aliphatic hydroxyl groups excluding tert-OH is 1. The maximum atomic E-state index is 8.94. The minimum atomic E-state index is 0.189. The summed E-state index contributed by atoms with van der Waals surface area (Å²) in [5.41, 5.74) is 0. The van der Waals surface area contributed by atoms with Crippen molar-refractivity contribution in [2.75, 3.05) is 19.7 Å². The van der Waals surface area contributed by atoms with Gasteiger partial charge in [0.1, 0.15) is 11.6 Å². The van der Waals surface area contributed by atoms with Crippen LogP contribution < -0.4 is 0 Å². The second-order valence-electron chi connectivity index (χ2n) is 3.91. The van der Waals surface area contributed by atoms with Crippen LogP contribution in [0.4, 0.5) is 0 Å². The van der Waals surface area contributed by atoms with Gasteiger partial charge in [0.15, 0.2) is 0 Å². The number of aryl methyl sites for hydroxylation is 1.